The molecule has 1 N–H and O–H groups in total. The smallest absolute Gasteiger partial charge is 0.135 e. The van der Waals surface area contributed by atoms with Gasteiger partial charge in [-0.25, -0.2) is 0 Å². The van der Waals surface area contributed by atoms with Crippen LogP contribution in [0.5, 0.6) is 5.75 Å². The average molecular weight is 358 g/mol. The Labute approximate surface area is 156 Å². The Morgan fingerprint density at radius 3 is 2.44 bits per heavy atom. The fourth-order valence-corrected chi connectivity index (χ4v) is 4.29. The number of halogens is 1. The largest absolute Gasteiger partial charge is 0.506 e. The highest BCUT2D eigenvalue weighted by molar-refractivity contribution is 6.33. The van der Waals surface area contributed by atoms with Gasteiger partial charge in [0.1, 0.15) is 5.75 Å². The number of pyridine rings is 1. The van der Waals surface area contributed by atoms with Crippen molar-refractivity contribution in [3.8, 4) is 17.0 Å². The molecule has 134 valence electrons. The van der Waals surface area contributed by atoms with Crippen molar-refractivity contribution in [3.63, 3.8) is 0 Å². The summed E-state index contributed by atoms with van der Waals surface area (Å²) in [5.74, 6) is 1.74. The molecule has 3 heteroatoms. The van der Waals surface area contributed by atoms with E-state index in [1.165, 1.54) is 69.2 Å². The minimum atomic E-state index is 0.0982. The Morgan fingerprint density at radius 2 is 1.80 bits per heavy atom. The summed E-state index contributed by atoms with van der Waals surface area (Å²) in [5, 5.41) is 9.93. The highest BCUT2D eigenvalue weighted by Gasteiger charge is 2.22. The van der Waals surface area contributed by atoms with Crippen LogP contribution < -0.4 is 0 Å². The van der Waals surface area contributed by atoms with Gasteiger partial charge in [0, 0.05) is 11.6 Å². The third kappa shape index (κ3) is 4.76. The summed E-state index contributed by atoms with van der Waals surface area (Å²) >= 11 is 6.20. The lowest BCUT2D eigenvalue weighted by molar-refractivity contribution is 0.303. The third-order valence-electron chi connectivity index (χ3n) is 5.54. The molecule has 0 unspecified atom stereocenters. The maximum atomic E-state index is 9.44. The summed E-state index contributed by atoms with van der Waals surface area (Å²) in [5.41, 5.74) is 3.17. The molecule has 2 nitrogen and oxygen atoms in total. The van der Waals surface area contributed by atoms with Crippen LogP contribution in [0.1, 0.15) is 69.8 Å². The summed E-state index contributed by atoms with van der Waals surface area (Å²) in [6.45, 7) is 2.28. The second-order valence-electron chi connectivity index (χ2n) is 7.36. The molecular formula is C22H28ClNO. The standard InChI is InChI=1S/C22H28ClNO/c1-2-3-4-5-16-6-8-17(9-7-16)18-10-12-19(13-11-18)22-21(23)14-20(25)15-24-22/h10-17,25H,2-9H2,1H3/t16-,17-. The first-order valence-electron chi connectivity index (χ1n) is 9.62. The molecular weight excluding hydrogens is 330 g/mol. The molecule has 25 heavy (non-hydrogen) atoms. The number of hydrogen-bond acceptors (Lipinski definition) is 2. The zero-order valence-corrected chi connectivity index (χ0v) is 15.8. The van der Waals surface area contributed by atoms with Crippen LogP contribution in [-0.2, 0) is 0 Å². The van der Waals surface area contributed by atoms with E-state index in [-0.39, 0.29) is 5.75 Å². The molecule has 1 fully saturated rings. The van der Waals surface area contributed by atoms with Gasteiger partial charge in [-0.05, 0) is 43.1 Å². The minimum Gasteiger partial charge on any atom is -0.506 e. The van der Waals surface area contributed by atoms with Crippen molar-refractivity contribution in [2.45, 2.75) is 64.2 Å². The maximum Gasteiger partial charge on any atom is 0.135 e. The highest BCUT2D eigenvalue weighted by atomic mass is 35.5. The maximum absolute atomic E-state index is 9.44. The van der Waals surface area contributed by atoms with Gasteiger partial charge in [-0.2, -0.15) is 0 Å². The summed E-state index contributed by atoms with van der Waals surface area (Å²) in [7, 11) is 0. The number of benzene rings is 1. The lowest BCUT2D eigenvalue weighted by atomic mass is 9.77. The average Bonchev–Trinajstić information content (AvgIpc) is 2.63. The van der Waals surface area contributed by atoms with Crippen molar-refractivity contribution in [3.05, 3.63) is 47.1 Å². The molecule has 0 atom stereocenters. The normalized spacial score (nSPS) is 20.6. The van der Waals surface area contributed by atoms with Gasteiger partial charge in [0.2, 0.25) is 0 Å². The molecule has 0 amide bonds. The second kappa shape index (κ2) is 8.71. The van der Waals surface area contributed by atoms with Gasteiger partial charge < -0.3 is 5.11 Å². The second-order valence-corrected chi connectivity index (χ2v) is 7.77. The van der Waals surface area contributed by atoms with E-state index < -0.39 is 0 Å². The summed E-state index contributed by atoms with van der Waals surface area (Å²) < 4.78 is 0. The molecule has 0 spiro atoms. The Hall–Kier alpha value is -1.54. The van der Waals surface area contributed by atoms with Crippen molar-refractivity contribution in [2.75, 3.05) is 0 Å². The molecule has 3 rings (SSSR count). The third-order valence-corrected chi connectivity index (χ3v) is 5.83. The van der Waals surface area contributed by atoms with Gasteiger partial charge in [-0.3, -0.25) is 4.98 Å². The van der Waals surface area contributed by atoms with Gasteiger partial charge in [0.15, 0.2) is 0 Å². The molecule has 2 aromatic rings. The first kappa shape index (κ1) is 18.3. The van der Waals surface area contributed by atoms with Crippen molar-refractivity contribution in [1.29, 1.82) is 0 Å². The molecule has 1 aliphatic rings. The molecule has 1 heterocycles. The number of hydrogen-bond donors (Lipinski definition) is 1. The van der Waals surface area contributed by atoms with E-state index in [9.17, 15) is 5.11 Å². The number of aromatic hydroxyl groups is 1. The Kier molecular flexibility index (Phi) is 6.36. The molecule has 0 aliphatic heterocycles. The number of unbranched alkanes of at least 4 members (excludes halogenated alkanes) is 2. The van der Waals surface area contributed by atoms with Crippen LogP contribution in [0, 0.1) is 5.92 Å². The first-order chi connectivity index (χ1) is 12.2. The monoisotopic (exact) mass is 357 g/mol. The zero-order valence-electron chi connectivity index (χ0n) is 15.0. The number of rotatable bonds is 6. The molecule has 1 saturated carbocycles. The summed E-state index contributed by atoms with van der Waals surface area (Å²) in [4.78, 5) is 4.25. The fraction of sp³-hybridized carbons (Fsp3) is 0.500. The lowest BCUT2D eigenvalue weighted by Crippen LogP contribution is -2.13. The van der Waals surface area contributed by atoms with Crippen LogP contribution in [0.25, 0.3) is 11.3 Å². The van der Waals surface area contributed by atoms with Crippen LogP contribution in [0.4, 0.5) is 0 Å². The van der Waals surface area contributed by atoms with E-state index in [0.717, 1.165) is 17.2 Å². The lowest BCUT2D eigenvalue weighted by Gasteiger charge is -2.29. The van der Waals surface area contributed by atoms with Gasteiger partial charge in [-0.1, -0.05) is 68.5 Å². The van der Waals surface area contributed by atoms with E-state index in [2.05, 4.69) is 36.2 Å². The van der Waals surface area contributed by atoms with Crippen molar-refractivity contribution < 1.29 is 5.11 Å². The van der Waals surface area contributed by atoms with Gasteiger partial charge in [0.25, 0.3) is 0 Å². The molecule has 0 bridgehead atoms. The Balaban J connectivity index is 1.60. The number of nitrogens with zero attached hydrogens (tertiary/aromatic N) is 1. The van der Waals surface area contributed by atoms with E-state index >= 15 is 0 Å². The van der Waals surface area contributed by atoms with Crippen LogP contribution in [0.2, 0.25) is 5.02 Å². The van der Waals surface area contributed by atoms with Crippen molar-refractivity contribution in [1.82, 2.24) is 4.98 Å². The van der Waals surface area contributed by atoms with Crippen LogP contribution in [-0.4, -0.2) is 10.1 Å². The molecule has 0 saturated heterocycles. The predicted octanol–water partition coefficient (Wildman–Crippen LogP) is 6.96. The van der Waals surface area contributed by atoms with Crippen molar-refractivity contribution >= 4 is 11.6 Å². The SMILES string of the molecule is CCCCC[C@H]1CC[C@H](c2ccc(-c3ncc(O)cc3Cl)cc2)CC1. The zero-order chi connectivity index (χ0) is 17.6. The van der Waals surface area contributed by atoms with Crippen LogP contribution >= 0.6 is 11.6 Å². The number of aromatic nitrogens is 1. The quantitative estimate of drug-likeness (QED) is 0.566. The van der Waals surface area contributed by atoms with Gasteiger partial charge >= 0.3 is 0 Å². The molecule has 1 aliphatic carbocycles. The topological polar surface area (TPSA) is 33.1 Å². The summed E-state index contributed by atoms with van der Waals surface area (Å²) in [6.07, 6.45) is 12.4. The van der Waals surface area contributed by atoms with E-state index in [0.29, 0.717) is 10.9 Å². The van der Waals surface area contributed by atoms with Crippen LogP contribution in [0.15, 0.2) is 36.5 Å². The molecule has 0 radical (unpaired) electrons. The fourth-order valence-electron chi connectivity index (χ4n) is 4.02. The Morgan fingerprint density at radius 1 is 1.08 bits per heavy atom. The Bertz CT molecular complexity index is 675. The minimum absolute atomic E-state index is 0.0982. The predicted molar refractivity (Wildman–Crippen MR) is 105 cm³/mol. The van der Waals surface area contributed by atoms with Crippen molar-refractivity contribution in [2.24, 2.45) is 5.92 Å². The van der Waals surface area contributed by atoms with E-state index in [1.54, 1.807) is 0 Å². The first-order valence-corrected chi connectivity index (χ1v) is 10.00. The van der Waals surface area contributed by atoms with Gasteiger partial charge in [-0.15, -0.1) is 0 Å². The molecule has 1 aromatic heterocycles. The van der Waals surface area contributed by atoms with E-state index in [4.69, 9.17) is 11.6 Å². The summed E-state index contributed by atoms with van der Waals surface area (Å²) in [6, 6.07) is 10.2. The van der Waals surface area contributed by atoms with Gasteiger partial charge in [0.05, 0.1) is 16.9 Å². The molecule has 1 aromatic carbocycles. The highest BCUT2D eigenvalue weighted by Crippen LogP contribution is 2.38. The van der Waals surface area contributed by atoms with E-state index in [1.807, 2.05) is 0 Å². The van der Waals surface area contributed by atoms with Crippen LogP contribution in [0.3, 0.4) is 0 Å².